The van der Waals surface area contributed by atoms with Gasteiger partial charge in [-0.05, 0) is 61.9 Å². The van der Waals surface area contributed by atoms with Crippen molar-refractivity contribution in [3.05, 3.63) is 59.3 Å². The summed E-state index contributed by atoms with van der Waals surface area (Å²) in [5.41, 5.74) is 2.83. The van der Waals surface area contributed by atoms with Crippen LogP contribution in [-0.2, 0) is 13.1 Å². The molecule has 1 amide bonds. The third kappa shape index (κ3) is 7.96. The van der Waals surface area contributed by atoms with Crippen LogP contribution in [-0.4, -0.2) is 48.5 Å². The van der Waals surface area contributed by atoms with Gasteiger partial charge in [-0.2, -0.15) is 0 Å². The summed E-state index contributed by atoms with van der Waals surface area (Å²) in [4.78, 5) is 22.6. The van der Waals surface area contributed by atoms with Gasteiger partial charge in [-0.15, -0.1) is 24.0 Å². The van der Waals surface area contributed by atoms with Gasteiger partial charge in [0.1, 0.15) is 6.10 Å². The number of halogens is 1. The maximum atomic E-state index is 12.0. The molecule has 8 heteroatoms. The minimum atomic E-state index is 0. The average Bonchev–Trinajstić information content (AvgIpc) is 3.29. The third-order valence-corrected chi connectivity index (χ3v) is 5.22. The zero-order chi connectivity index (χ0) is 22.1. The number of guanidine groups is 1. The zero-order valence-electron chi connectivity index (χ0n) is 19.1. The van der Waals surface area contributed by atoms with E-state index in [-0.39, 0.29) is 29.9 Å². The van der Waals surface area contributed by atoms with E-state index in [1.165, 1.54) is 12.8 Å². The van der Waals surface area contributed by atoms with E-state index in [0.29, 0.717) is 30.6 Å². The number of nitrogens with one attached hydrogen (secondary N) is 2. The van der Waals surface area contributed by atoms with Crippen molar-refractivity contribution in [1.29, 1.82) is 0 Å². The van der Waals surface area contributed by atoms with Crippen LogP contribution in [0.15, 0.2) is 47.6 Å². The minimum absolute atomic E-state index is 0. The first-order chi connectivity index (χ1) is 15.0. The van der Waals surface area contributed by atoms with E-state index in [1.54, 1.807) is 25.2 Å². The van der Waals surface area contributed by atoms with Crippen molar-refractivity contribution in [2.75, 3.05) is 20.6 Å². The summed E-state index contributed by atoms with van der Waals surface area (Å²) < 4.78 is 6.00. The van der Waals surface area contributed by atoms with Crippen LogP contribution in [0.4, 0.5) is 0 Å². The predicted octanol–water partition coefficient (Wildman–Crippen LogP) is 3.98. The number of aromatic nitrogens is 1. The maximum Gasteiger partial charge on any atom is 0.253 e. The number of amides is 1. The summed E-state index contributed by atoms with van der Waals surface area (Å²) in [5.74, 6) is 1.43. The van der Waals surface area contributed by atoms with E-state index in [0.717, 1.165) is 36.5 Å². The molecule has 174 valence electrons. The first kappa shape index (κ1) is 25.9. The van der Waals surface area contributed by atoms with Gasteiger partial charge in [0.25, 0.3) is 5.91 Å². The fourth-order valence-electron chi connectivity index (χ4n) is 3.51. The van der Waals surface area contributed by atoms with E-state index >= 15 is 0 Å². The monoisotopic (exact) mass is 551 g/mol. The fraction of sp³-hybridized carbons (Fsp3) is 0.458. The second-order valence-corrected chi connectivity index (χ2v) is 7.97. The molecule has 1 aromatic carbocycles. The Labute approximate surface area is 208 Å². The molecular formula is C24H34IN5O2. The highest BCUT2D eigenvalue weighted by Crippen LogP contribution is 2.23. The van der Waals surface area contributed by atoms with Gasteiger partial charge in [-0.3, -0.25) is 4.79 Å². The lowest BCUT2D eigenvalue weighted by Crippen LogP contribution is -2.36. The van der Waals surface area contributed by atoms with Crippen LogP contribution >= 0.6 is 24.0 Å². The van der Waals surface area contributed by atoms with Crippen LogP contribution in [0.5, 0.6) is 5.88 Å². The predicted molar refractivity (Wildman–Crippen MR) is 139 cm³/mol. The van der Waals surface area contributed by atoms with Crippen LogP contribution < -0.4 is 15.4 Å². The van der Waals surface area contributed by atoms with Crippen molar-refractivity contribution in [2.45, 2.75) is 51.8 Å². The molecular weight excluding hydrogens is 517 g/mol. The van der Waals surface area contributed by atoms with Crippen LogP contribution in [0.25, 0.3) is 0 Å². The summed E-state index contributed by atoms with van der Waals surface area (Å²) in [6, 6.07) is 11.6. The molecule has 7 nitrogen and oxygen atoms in total. The highest BCUT2D eigenvalue weighted by Gasteiger charge is 2.17. The van der Waals surface area contributed by atoms with Gasteiger partial charge in [-0.1, -0.05) is 12.1 Å². The number of aliphatic imine (C=N–C) groups is 1. The number of carbonyl (C=O) groups excluding carboxylic acids is 1. The van der Waals surface area contributed by atoms with E-state index in [2.05, 4.69) is 15.6 Å². The van der Waals surface area contributed by atoms with Gasteiger partial charge in [0, 0.05) is 45.0 Å². The molecule has 0 aliphatic heterocycles. The van der Waals surface area contributed by atoms with Crippen LogP contribution in [0.2, 0.25) is 0 Å². The van der Waals surface area contributed by atoms with E-state index in [1.807, 2.05) is 43.3 Å². The largest absolute Gasteiger partial charge is 0.474 e. The minimum Gasteiger partial charge on any atom is -0.474 e. The Bertz CT molecular complexity index is 880. The molecule has 0 bridgehead atoms. The van der Waals surface area contributed by atoms with E-state index in [9.17, 15) is 4.79 Å². The molecule has 1 aliphatic carbocycles. The van der Waals surface area contributed by atoms with Crippen molar-refractivity contribution in [1.82, 2.24) is 20.5 Å². The molecule has 0 radical (unpaired) electrons. The van der Waals surface area contributed by atoms with E-state index in [4.69, 9.17) is 9.73 Å². The number of rotatable bonds is 8. The van der Waals surface area contributed by atoms with Crippen LogP contribution in [0, 0.1) is 0 Å². The molecule has 1 saturated carbocycles. The topological polar surface area (TPSA) is 78.9 Å². The van der Waals surface area contributed by atoms with Crippen molar-refractivity contribution in [2.24, 2.45) is 4.99 Å². The molecule has 0 atom stereocenters. The Morgan fingerprint density at radius 3 is 2.50 bits per heavy atom. The fourth-order valence-corrected chi connectivity index (χ4v) is 3.51. The molecule has 2 N–H and O–H groups in total. The van der Waals surface area contributed by atoms with Crippen molar-refractivity contribution < 1.29 is 9.53 Å². The number of nitrogens with zero attached hydrogens (tertiary/aromatic N) is 3. The van der Waals surface area contributed by atoms with Crippen LogP contribution in [0.3, 0.4) is 0 Å². The Hall–Kier alpha value is -2.36. The lowest BCUT2D eigenvalue weighted by atomic mass is 10.1. The van der Waals surface area contributed by atoms with E-state index < -0.39 is 0 Å². The second-order valence-electron chi connectivity index (χ2n) is 7.97. The third-order valence-electron chi connectivity index (χ3n) is 5.22. The molecule has 1 aromatic heterocycles. The zero-order valence-corrected chi connectivity index (χ0v) is 21.5. The number of hydrogen-bond acceptors (Lipinski definition) is 4. The molecule has 0 spiro atoms. The van der Waals surface area contributed by atoms with Crippen molar-refractivity contribution >= 4 is 35.8 Å². The molecule has 0 unspecified atom stereocenters. The summed E-state index contributed by atoms with van der Waals surface area (Å²) in [6.45, 7) is 3.97. The molecule has 3 rings (SSSR count). The Kier molecular flexibility index (Phi) is 10.7. The number of carbonyl (C=O) groups is 1. The normalized spacial score (nSPS) is 13.9. The van der Waals surface area contributed by atoms with Gasteiger partial charge in [0.15, 0.2) is 5.96 Å². The smallest absolute Gasteiger partial charge is 0.253 e. The summed E-state index contributed by atoms with van der Waals surface area (Å²) >= 11 is 0. The average molecular weight is 551 g/mol. The number of pyridine rings is 1. The SMILES string of the molecule is CCNC(=NCc1ccnc(OC2CCCC2)c1)NCc1ccc(C(=O)N(C)C)cc1.I. The van der Waals surface area contributed by atoms with Crippen LogP contribution in [0.1, 0.15) is 54.1 Å². The molecule has 1 heterocycles. The first-order valence-corrected chi connectivity index (χ1v) is 11.0. The maximum absolute atomic E-state index is 12.0. The lowest BCUT2D eigenvalue weighted by molar-refractivity contribution is 0.0827. The quantitative estimate of drug-likeness (QED) is 0.295. The van der Waals surface area contributed by atoms with Gasteiger partial charge in [0.2, 0.25) is 5.88 Å². The van der Waals surface area contributed by atoms with Gasteiger partial charge in [-0.25, -0.2) is 9.98 Å². The van der Waals surface area contributed by atoms with Gasteiger partial charge < -0.3 is 20.3 Å². The Morgan fingerprint density at radius 1 is 1.12 bits per heavy atom. The summed E-state index contributed by atoms with van der Waals surface area (Å²) in [6.07, 6.45) is 6.78. The van der Waals surface area contributed by atoms with Crippen molar-refractivity contribution in [3.63, 3.8) is 0 Å². The first-order valence-electron chi connectivity index (χ1n) is 11.0. The highest BCUT2D eigenvalue weighted by molar-refractivity contribution is 14.0. The summed E-state index contributed by atoms with van der Waals surface area (Å²) in [5, 5.41) is 6.62. The molecule has 32 heavy (non-hydrogen) atoms. The molecule has 1 aliphatic rings. The van der Waals surface area contributed by atoms with Gasteiger partial charge in [0.05, 0.1) is 6.54 Å². The highest BCUT2D eigenvalue weighted by atomic mass is 127. The molecule has 1 fully saturated rings. The molecule has 2 aromatic rings. The number of ether oxygens (including phenoxy) is 1. The van der Waals surface area contributed by atoms with Crippen molar-refractivity contribution in [3.8, 4) is 5.88 Å². The standard InChI is InChI=1S/C24H33N5O2.HI/c1-4-25-24(27-16-18-9-11-20(12-10-18)23(30)29(2)3)28-17-19-13-14-26-22(15-19)31-21-7-5-6-8-21;/h9-15,21H,4-8,16-17H2,1-3H3,(H2,25,27,28);1H. The molecule has 0 saturated heterocycles. The Morgan fingerprint density at radius 2 is 1.84 bits per heavy atom. The lowest BCUT2D eigenvalue weighted by Gasteiger charge is -2.14. The van der Waals surface area contributed by atoms with Gasteiger partial charge >= 0.3 is 0 Å². The number of hydrogen-bond donors (Lipinski definition) is 2. The Balaban J connectivity index is 0.00000363. The summed E-state index contributed by atoms with van der Waals surface area (Å²) in [7, 11) is 3.51. The second kappa shape index (κ2) is 13.2. The number of benzene rings is 1.